The van der Waals surface area contributed by atoms with Gasteiger partial charge in [-0.05, 0) is 29.8 Å². The molecule has 3 aromatic carbocycles. The van der Waals surface area contributed by atoms with Gasteiger partial charge < -0.3 is 14.4 Å². The van der Waals surface area contributed by atoms with Crippen LogP contribution in [0.15, 0.2) is 78.9 Å². The first kappa shape index (κ1) is 17.4. The van der Waals surface area contributed by atoms with E-state index in [2.05, 4.69) is 4.90 Å². The van der Waals surface area contributed by atoms with E-state index in [4.69, 9.17) is 21.1 Å². The number of hydrogen-bond donors (Lipinski definition) is 0. The average Bonchev–Trinajstić information content (AvgIpc) is 3.07. The summed E-state index contributed by atoms with van der Waals surface area (Å²) in [5.41, 5.74) is 3.21. The van der Waals surface area contributed by atoms with Crippen LogP contribution in [0.2, 0.25) is 5.02 Å². The van der Waals surface area contributed by atoms with E-state index in [9.17, 15) is 4.79 Å². The third-order valence-electron chi connectivity index (χ3n) is 5.48. The van der Waals surface area contributed by atoms with E-state index >= 15 is 0 Å². The van der Waals surface area contributed by atoms with Crippen LogP contribution in [0.3, 0.4) is 0 Å². The first-order valence-electron chi connectivity index (χ1n) is 9.12. The van der Waals surface area contributed by atoms with Crippen molar-refractivity contribution in [3.8, 4) is 0 Å². The van der Waals surface area contributed by atoms with Crippen LogP contribution in [0, 0.1) is 0 Å². The first-order chi connectivity index (χ1) is 13.7. The molecule has 0 spiro atoms. The van der Waals surface area contributed by atoms with E-state index in [0.29, 0.717) is 10.6 Å². The second kappa shape index (κ2) is 6.45. The number of ketones is 1. The van der Waals surface area contributed by atoms with Gasteiger partial charge in [0.25, 0.3) is 5.91 Å². The largest absolute Gasteiger partial charge is 0.332 e. The molecule has 4 nitrogen and oxygen atoms in total. The van der Waals surface area contributed by atoms with Gasteiger partial charge in [-0.25, -0.2) is 0 Å². The predicted molar refractivity (Wildman–Crippen MR) is 107 cm³/mol. The molecule has 2 aliphatic heterocycles. The lowest BCUT2D eigenvalue weighted by atomic mass is 9.93. The first-order valence-corrected chi connectivity index (χ1v) is 9.50. The summed E-state index contributed by atoms with van der Waals surface area (Å²) in [6.45, 7) is 0. The summed E-state index contributed by atoms with van der Waals surface area (Å²) < 4.78 is 12.4. The number of benzene rings is 3. The molecule has 3 atom stereocenters. The summed E-state index contributed by atoms with van der Waals surface area (Å²) in [7, 11) is 1.61. The topological polar surface area (TPSA) is 38.8 Å². The highest BCUT2D eigenvalue weighted by atomic mass is 35.5. The third-order valence-corrected chi connectivity index (χ3v) is 5.73. The number of nitrogens with zero attached hydrogens (tertiary/aromatic N) is 1. The average molecular weight is 392 g/mol. The van der Waals surface area contributed by atoms with Crippen molar-refractivity contribution in [3.05, 3.63) is 101 Å². The molecule has 2 aliphatic rings. The van der Waals surface area contributed by atoms with Gasteiger partial charge in [0.15, 0.2) is 11.9 Å². The molecular formula is C23H18ClNO3. The second-order valence-corrected chi connectivity index (χ2v) is 7.37. The van der Waals surface area contributed by atoms with Crippen molar-refractivity contribution in [2.45, 2.75) is 18.1 Å². The molecule has 140 valence electrons. The maximum atomic E-state index is 13.3. The Bertz CT molecular complexity index is 1040. The Balaban J connectivity index is 1.78. The van der Waals surface area contributed by atoms with Gasteiger partial charge in [-0.2, -0.15) is 0 Å². The minimum absolute atomic E-state index is 0.0401. The summed E-state index contributed by atoms with van der Waals surface area (Å²) in [6.07, 6.45) is -0.684. The zero-order chi connectivity index (χ0) is 19.3. The standard InChI is InChI=1S/C23H18ClNO3/c1-27-23-19-10-6-5-9-18(19)21(26)22(28-23)20(15-11-13-16(24)14-12-15)25(23)17-7-3-2-4-8-17/h2-14,20,22H,1H3/t20-,22+,23+/m0/s1. The van der Waals surface area contributed by atoms with Crippen molar-refractivity contribution >= 4 is 23.1 Å². The van der Waals surface area contributed by atoms with Crippen molar-refractivity contribution in [1.29, 1.82) is 0 Å². The summed E-state index contributed by atoms with van der Waals surface area (Å²) in [6, 6.07) is 24.6. The lowest BCUT2D eigenvalue weighted by molar-refractivity contribution is -0.215. The van der Waals surface area contributed by atoms with Gasteiger partial charge in [-0.15, -0.1) is 0 Å². The van der Waals surface area contributed by atoms with E-state index in [1.807, 2.05) is 78.9 Å². The highest BCUT2D eigenvalue weighted by Crippen LogP contribution is 2.54. The predicted octanol–water partition coefficient (Wildman–Crippen LogP) is 4.94. The van der Waals surface area contributed by atoms with E-state index < -0.39 is 12.0 Å². The molecule has 2 heterocycles. The van der Waals surface area contributed by atoms with Crippen molar-refractivity contribution < 1.29 is 14.3 Å². The number of halogens is 1. The monoisotopic (exact) mass is 391 g/mol. The molecule has 28 heavy (non-hydrogen) atoms. The Morgan fingerprint density at radius 2 is 1.64 bits per heavy atom. The number of methoxy groups -OCH3 is 1. The maximum absolute atomic E-state index is 13.3. The Kier molecular flexibility index (Phi) is 4.02. The van der Waals surface area contributed by atoms with Gasteiger partial charge >= 0.3 is 0 Å². The molecule has 2 bridgehead atoms. The van der Waals surface area contributed by atoms with Crippen molar-refractivity contribution in [2.75, 3.05) is 12.0 Å². The Hall–Kier alpha value is -2.66. The molecule has 1 fully saturated rings. The van der Waals surface area contributed by atoms with Crippen LogP contribution >= 0.6 is 11.6 Å². The Morgan fingerprint density at radius 3 is 2.36 bits per heavy atom. The van der Waals surface area contributed by atoms with E-state index in [-0.39, 0.29) is 11.8 Å². The smallest absolute Gasteiger partial charge is 0.282 e. The number of rotatable bonds is 3. The third kappa shape index (κ3) is 2.35. The fourth-order valence-corrected chi connectivity index (χ4v) is 4.41. The molecule has 0 aliphatic carbocycles. The van der Waals surface area contributed by atoms with Crippen molar-refractivity contribution in [2.24, 2.45) is 0 Å². The van der Waals surface area contributed by atoms with Gasteiger partial charge in [0.05, 0.1) is 6.04 Å². The van der Waals surface area contributed by atoms with E-state index in [0.717, 1.165) is 16.8 Å². The van der Waals surface area contributed by atoms with Crippen LogP contribution in [0.25, 0.3) is 0 Å². The highest BCUT2D eigenvalue weighted by molar-refractivity contribution is 6.30. The minimum Gasteiger partial charge on any atom is -0.332 e. The number of carbonyl (C=O) groups is 1. The SMILES string of the molecule is CO[C@@]12O[C@@H](C(=O)c3ccccc31)[C@H](c1ccc(Cl)cc1)N2c1ccccc1. The summed E-state index contributed by atoms with van der Waals surface area (Å²) in [4.78, 5) is 15.4. The molecule has 3 aromatic rings. The Morgan fingerprint density at radius 1 is 0.964 bits per heavy atom. The number of carbonyl (C=O) groups excluding carboxylic acids is 1. The van der Waals surface area contributed by atoms with Gasteiger partial charge in [0.2, 0.25) is 0 Å². The number of para-hydroxylation sites is 1. The van der Waals surface area contributed by atoms with Gasteiger partial charge in [-0.1, -0.05) is 66.2 Å². The zero-order valence-electron chi connectivity index (χ0n) is 15.2. The maximum Gasteiger partial charge on any atom is 0.282 e. The fraction of sp³-hybridized carbons (Fsp3) is 0.174. The van der Waals surface area contributed by atoms with E-state index in [1.165, 1.54) is 0 Å². The fourth-order valence-electron chi connectivity index (χ4n) is 4.29. The number of fused-ring (bicyclic) bond motifs is 4. The number of Topliss-reactive ketones (excluding diaryl/α,β-unsaturated/α-hetero) is 1. The molecule has 5 rings (SSSR count). The van der Waals surface area contributed by atoms with Crippen LogP contribution in [-0.2, 0) is 15.4 Å². The van der Waals surface area contributed by atoms with Crippen LogP contribution in [0.1, 0.15) is 27.5 Å². The molecule has 0 aromatic heterocycles. The molecule has 0 radical (unpaired) electrons. The number of anilines is 1. The molecular weight excluding hydrogens is 374 g/mol. The lowest BCUT2D eigenvalue weighted by Gasteiger charge is -2.40. The van der Waals surface area contributed by atoms with Crippen LogP contribution in [0.5, 0.6) is 0 Å². The minimum atomic E-state index is -1.18. The zero-order valence-corrected chi connectivity index (χ0v) is 16.0. The molecule has 1 saturated heterocycles. The van der Waals surface area contributed by atoms with Gasteiger partial charge in [-0.3, -0.25) is 4.79 Å². The second-order valence-electron chi connectivity index (χ2n) is 6.94. The summed E-state index contributed by atoms with van der Waals surface area (Å²) in [5.74, 6) is -1.22. The highest BCUT2D eigenvalue weighted by Gasteiger charge is 2.62. The molecule has 0 unspecified atom stereocenters. The van der Waals surface area contributed by atoms with Crippen molar-refractivity contribution in [1.82, 2.24) is 0 Å². The summed E-state index contributed by atoms with van der Waals surface area (Å²) >= 11 is 6.10. The summed E-state index contributed by atoms with van der Waals surface area (Å²) in [5, 5.41) is 0.646. The number of hydrogen-bond acceptors (Lipinski definition) is 4. The van der Waals surface area contributed by atoms with Gasteiger partial charge in [0, 0.05) is 28.9 Å². The molecule has 0 saturated carbocycles. The molecule has 0 N–H and O–H groups in total. The van der Waals surface area contributed by atoms with Crippen LogP contribution in [0.4, 0.5) is 5.69 Å². The normalized spacial score (nSPS) is 25.6. The quantitative estimate of drug-likeness (QED) is 0.634. The van der Waals surface area contributed by atoms with Crippen molar-refractivity contribution in [3.63, 3.8) is 0 Å². The Labute approximate surface area is 168 Å². The van der Waals surface area contributed by atoms with Crippen LogP contribution in [-0.4, -0.2) is 19.0 Å². The number of ether oxygens (including phenoxy) is 2. The molecule has 5 heteroatoms. The van der Waals surface area contributed by atoms with E-state index in [1.54, 1.807) is 7.11 Å². The lowest BCUT2D eigenvalue weighted by Crippen LogP contribution is -2.46. The van der Waals surface area contributed by atoms with Crippen LogP contribution < -0.4 is 4.90 Å². The molecule has 0 amide bonds. The van der Waals surface area contributed by atoms with Gasteiger partial charge in [0.1, 0.15) is 0 Å².